The first-order valence-corrected chi connectivity index (χ1v) is 7.81. The van der Waals surface area contributed by atoms with Crippen LogP contribution in [0.5, 0.6) is 0 Å². The summed E-state index contributed by atoms with van der Waals surface area (Å²) in [5.41, 5.74) is 0. The Labute approximate surface area is 153 Å². The molecular formula is C14H7Cl2NaO3S. The fourth-order valence-corrected chi connectivity index (χ4v) is 3.36. The van der Waals surface area contributed by atoms with Gasteiger partial charge in [0.25, 0.3) is 0 Å². The molecule has 0 bridgehead atoms. The zero-order valence-corrected chi connectivity index (χ0v) is 15.3. The molecule has 0 atom stereocenters. The minimum absolute atomic E-state index is 0. The summed E-state index contributed by atoms with van der Waals surface area (Å²) in [7, 11) is -4.53. The summed E-state index contributed by atoms with van der Waals surface area (Å²) < 4.78 is 33.3. The van der Waals surface area contributed by atoms with Gasteiger partial charge in [-0.25, -0.2) is 8.42 Å². The van der Waals surface area contributed by atoms with Gasteiger partial charge in [-0.05, 0) is 12.1 Å². The van der Waals surface area contributed by atoms with Crippen molar-refractivity contribution in [3.8, 4) is 0 Å². The molecule has 0 aliphatic carbocycles. The van der Waals surface area contributed by atoms with Crippen LogP contribution in [0.2, 0.25) is 10.0 Å². The third-order valence-electron chi connectivity index (χ3n) is 3.15. The maximum Gasteiger partial charge on any atom is 1.00 e. The van der Waals surface area contributed by atoms with Crippen molar-refractivity contribution in [2.45, 2.75) is 4.90 Å². The Balaban J connectivity index is 0.00000161. The van der Waals surface area contributed by atoms with Gasteiger partial charge in [0, 0.05) is 21.5 Å². The van der Waals surface area contributed by atoms with Gasteiger partial charge in [0.15, 0.2) is 0 Å². The van der Waals surface area contributed by atoms with Gasteiger partial charge >= 0.3 is 29.6 Å². The van der Waals surface area contributed by atoms with Crippen LogP contribution in [0.1, 0.15) is 0 Å². The van der Waals surface area contributed by atoms with Gasteiger partial charge in [-0.15, -0.1) is 0 Å². The van der Waals surface area contributed by atoms with Crippen LogP contribution < -0.4 is 29.6 Å². The Hall–Kier alpha value is -0.330. The molecule has 3 rings (SSSR count). The Morgan fingerprint density at radius 1 is 0.810 bits per heavy atom. The van der Waals surface area contributed by atoms with Gasteiger partial charge in [0.05, 0.1) is 14.9 Å². The fourth-order valence-electron chi connectivity index (χ4n) is 2.21. The third-order valence-corrected chi connectivity index (χ3v) is 4.80. The van der Waals surface area contributed by atoms with Crippen LogP contribution in [-0.4, -0.2) is 13.0 Å². The predicted molar refractivity (Wildman–Crippen MR) is 79.4 cm³/mol. The van der Waals surface area contributed by atoms with Crippen LogP contribution in [0.3, 0.4) is 0 Å². The van der Waals surface area contributed by atoms with E-state index in [0.717, 1.165) is 5.39 Å². The normalized spacial score (nSPS) is 11.6. The van der Waals surface area contributed by atoms with Crippen LogP contribution in [-0.2, 0) is 10.1 Å². The number of fused-ring (bicyclic) bond motifs is 2. The standard InChI is InChI=1S/C14H8Cl2O3S.Na/c15-13-9-3-1-2-4-10(9)14(16)12-7-8(20(17,18)19)5-6-11(12)13;/h1-7H,(H,17,18,19);/q;+1/p-1. The SMILES string of the molecule is O=S(=O)([O-])c1ccc2c(Cl)c3ccccc3c(Cl)c2c1.[Na+]. The summed E-state index contributed by atoms with van der Waals surface area (Å²) in [6.45, 7) is 0. The number of rotatable bonds is 1. The van der Waals surface area contributed by atoms with E-state index in [4.69, 9.17) is 23.2 Å². The summed E-state index contributed by atoms with van der Waals surface area (Å²) in [4.78, 5) is -0.321. The molecule has 0 aliphatic heterocycles. The molecule has 0 spiro atoms. The third kappa shape index (κ3) is 2.94. The van der Waals surface area contributed by atoms with Crippen LogP contribution >= 0.6 is 23.2 Å². The van der Waals surface area contributed by atoms with E-state index in [1.54, 1.807) is 6.07 Å². The molecule has 21 heavy (non-hydrogen) atoms. The van der Waals surface area contributed by atoms with E-state index in [1.165, 1.54) is 18.2 Å². The topological polar surface area (TPSA) is 57.2 Å². The zero-order chi connectivity index (χ0) is 14.5. The molecule has 0 amide bonds. The largest absolute Gasteiger partial charge is 1.00 e. The molecule has 0 fully saturated rings. The second-order valence-corrected chi connectivity index (χ2v) is 6.47. The summed E-state index contributed by atoms with van der Waals surface area (Å²) in [6.07, 6.45) is 0. The Bertz CT molecular complexity index is 955. The molecule has 3 aromatic carbocycles. The van der Waals surface area contributed by atoms with Crippen LogP contribution in [0.4, 0.5) is 0 Å². The second kappa shape index (κ2) is 6.05. The number of benzene rings is 3. The van der Waals surface area contributed by atoms with Crippen LogP contribution in [0, 0.1) is 0 Å². The maximum atomic E-state index is 11.1. The van der Waals surface area contributed by atoms with E-state index in [9.17, 15) is 13.0 Å². The van der Waals surface area contributed by atoms with Gasteiger partial charge in [0.2, 0.25) is 0 Å². The van der Waals surface area contributed by atoms with Crippen molar-refractivity contribution in [2.75, 3.05) is 0 Å². The van der Waals surface area contributed by atoms with Crippen LogP contribution in [0.15, 0.2) is 47.4 Å². The van der Waals surface area contributed by atoms with Crippen molar-refractivity contribution in [1.82, 2.24) is 0 Å². The van der Waals surface area contributed by atoms with Gasteiger partial charge in [-0.2, -0.15) is 0 Å². The molecule has 0 N–H and O–H groups in total. The summed E-state index contributed by atoms with van der Waals surface area (Å²) in [5, 5.41) is 3.42. The Morgan fingerprint density at radius 3 is 1.81 bits per heavy atom. The quantitative estimate of drug-likeness (QED) is 0.377. The van der Waals surface area contributed by atoms with Crippen molar-refractivity contribution in [2.24, 2.45) is 0 Å². The number of hydrogen-bond acceptors (Lipinski definition) is 3. The molecule has 0 saturated heterocycles. The minimum atomic E-state index is -4.53. The molecule has 3 aromatic rings. The fraction of sp³-hybridized carbons (Fsp3) is 0. The summed E-state index contributed by atoms with van der Waals surface area (Å²) in [5.74, 6) is 0. The van der Waals surface area contributed by atoms with Gasteiger partial charge in [-0.1, -0.05) is 53.5 Å². The van der Waals surface area contributed by atoms with E-state index >= 15 is 0 Å². The molecule has 0 aliphatic rings. The van der Waals surface area contributed by atoms with Crippen LogP contribution in [0.25, 0.3) is 21.5 Å². The monoisotopic (exact) mass is 348 g/mol. The first kappa shape index (κ1) is 17.0. The molecule has 0 saturated carbocycles. The Morgan fingerprint density at radius 2 is 1.29 bits per heavy atom. The average molecular weight is 349 g/mol. The molecular weight excluding hydrogens is 342 g/mol. The maximum absolute atomic E-state index is 11.1. The smallest absolute Gasteiger partial charge is 0.744 e. The van der Waals surface area contributed by atoms with Crippen molar-refractivity contribution >= 4 is 54.9 Å². The molecule has 0 unspecified atom stereocenters. The minimum Gasteiger partial charge on any atom is -0.744 e. The molecule has 0 heterocycles. The Kier molecular flexibility index (Phi) is 4.90. The number of halogens is 2. The second-order valence-electron chi connectivity index (χ2n) is 4.34. The van der Waals surface area contributed by atoms with Gasteiger partial charge < -0.3 is 4.55 Å². The van der Waals surface area contributed by atoms with E-state index in [-0.39, 0.29) is 34.5 Å². The molecule has 3 nitrogen and oxygen atoms in total. The first-order chi connectivity index (χ1) is 9.39. The summed E-state index contributed by atoms with van der Waals surface area (Å²) in [6, 6.07) is 11.3. The molecule has 0 aromatic heterocycles. The van der Waals surface area contributed by atoms with E-state index < -0.39 is 10.1 Å². The number of hydrogen-bond donors (Lipinski definition) is 0. The average Bonchev–Trinajstić information content (AvgIpc) is 2.43. The molecule has 0 radical (unpaired) electrons. The van der Waals surface area contributed by atoms with Gasteiger partial charge in [0.1, 0.15) is 10.1 Å². The molecule has 7 heteroatoms. The first-order valence-electron chi connectivity index (χ1n) is 5.65. The van der Waals surface area contributed by atoms with Crippen molar-refractivity contribution in [3.05, 3.63) is 52.5 Å². The predicted octanol–water partition coefficient (Wildman–Crippen LogP) is 1.21. The van der Waals surface area contributed by atoms with Crippen molar-refractivity contribution in [1.29, 1.82) is 0 Å². The van der Waals surface area contributed by atoms with E-state index in [1.807, 2.05) is 18.2 Å². The zero-order valence-electron chi connectivity index (χ0n) is 10.9. The molecule has 102 valence electrons. The van der Waals surface area contributed by atoms with E-state index in [2.05, 4.69) is 0 Å². The van der Waals surface area contributed by atoms with Crippen molar-refractivity contribution in [3.63, 3.8) is 0 Å². The summed E-state index contributed by atoms with van der Waals surface area (Å²) >= 11 is 12.6. The van der Waals surface area contributed by atoms with Gasteiger partial charge in [-0.3, -0.25) is 0 Å². The van der Waals surface area contributed by atoms with E-state index in [0.29, 0.717) is 26.2 Å². The van der Waals surface area contributed by atoms with Crippen molar-refractivity contribution < 1.29 is 42.5 Å².